The van der Waals surface area contributed by atoms with Crippen LogP contribution in [-0.2, 0) is 0 Å². The van der Waals surface area contributed by atoms with Gasteiger partial charge in [-0.15, -0.1) is 11.3 Å². The van der Waals surface area contributed by atoms with E-state index in [4.69, 9.17) is 15.0 Å². The molecule has 0 aliphatic carbocycles. The van der Waals surface area contributed by atoms with E-state index in [0.717, 1.165) is 33.5 Å². The molecule has 11 aromatic rings. The molecule has 11 rings (SSSR count). The van der Waals surface area contributed by atoms with Gasteiger partial charge in [0.05, 0.1) is 11.0 Å². The van der Waals surface area contributed by atoms with E-state index >= 15 is 0 Å². The lowest BCUT2D eigenvalue weighted by molar-refractivity contribution is 1.08. The minimum absolute atomic E-state index is 0.651. The summed E-state index contributed by atoms with van der Waals surface area (Å²) in [6.07, 6.45) is 0. The summed E-state index contributed by atoms with van der Waals surface area (Å²) < 4.78 is 4.82. The lowest BCUT2D eigenvalue weighted by Crippen LogP contribution is -2.00. The molecule has 0 aliphatic rings. The van der Waals surface area contributed by atoms with E-state index in [-0.39, 0.29) is 0 Å². The van der Waals surface area contributed by atoms with E-state index in [1.165, 1.54) is 52.8 Å². The number of thiophene rings is 1. The van der Waals surface area contributed by atoms with Gasteiger partial charge in [-0.3, -0.25) is 0 Å². The van der Waals surface area contributed by atoms with Gasteiger partial charge < -0.3 is 4.57 Å². The maximum Gasteiger partial charge on any atom is 0.165 e. The van der Waals surface area contributed by atoms with Crippen molar-refractivity contribution in [3.63, 3.8) is 0 Å². The van der Waals surface area contributed by atoms with Crippen molar-refractivity contribution in [2.75, 3.05) is 0 Å². The van der Waals surface area contributed by atoms with Crippen molar-refractivity contribution in [3.8, 4) is 51.0 Å². The molecule has 0 aliphatic heterocycles. The van der Waals surface area contributed by atoms with Crippen molar-refractivity contribution in [2.45, 2.75) is 0 Å². The Morgan fingerprint density at radius 1 is 0.370 bits per heavy atom. The molecule has 5 heteroatoms. The number of hydrogen-bond acceptors (Lipinski definition) is 4. The molecule has 0 unspecified atom stereocenters. The average Bonchev–Trinajstić information content (AvgIpc) is 3.80. The summed E-state index contributed by atoms with van der Waals surface area (Å²) in [5.74, 6) is 1.98. The zero-order valence-corrected chi connectivity index (χ0v) is 29.8. The third-order valence-corrected chi connectivity index (χ3v) is 11.7. The summed E-state index contributed by atoms with van der Waals surface area (Å²) in [5, 5.41) is 7.56. The van der Waals surface area contributed by atoms with Gasteiger partial charge in [-0.25, -0.2) is 15.0 Å². The standard InChI is InChI=1S/C49H30N4S/c1-2-12-34(13-3-1)47-50-48(52-49(51-47)41-18-10-17-39-38-15-7-9-20-44(38)54-46(39)41)35-23-21-31(22-24-35)32-25-28-36(29-26-32)53-42-19-8-6-16-40(42)45-37-14-5-4-11-33(37)27-30-43(45)53/h1-30H. The highest BCUT2D eigenvalue weighted by atomic mass is 32.1. The Labute approximate surface area is 315 Å². The normalized spacial score (nSPS) is 11.7. The number of rotatable bonds is 5. The van der Waals surface area contributed by atoms with Gasteiger partial charge in [-0.1, -0.05) is 146 Å². The molecule has 0 N–H and O–H groups in total. The van der Waals surface area contributed by atoms with Gasteiger partial charge >= 0.3 is 0 Å². The van der Waals surface area contributed by atoms with Crippen LogP contribution in [0.25, 0.3) is 104 Å². The highest BCUT2D eigenvalue weighted by Gasteiger charge is 2.18. The molecule has 252 valence electrons. The number of aromatic nitrogens is 4. The number of nitrogens with zero attached hydrogens (tertiary/aromatic N) is 4. The van der Waals surface area contributed by atoms with Crippen LogP contribution in [0.3, 0.4) is 0 Å². The number of para-hydroxylation sites is 1. The monoisotopic (exact) mass is 706 g/mol. The van der Waals surface area contributed by atoms with Gasteiger partial charge in [-0.2, -0.15) is 0 Å². The Hall–Kier alpha value is -6.95. The molecule has 0 bridgehead atoms. The molecule has 8 aromatic carbocycles. The Morgan fingerprint density at radius 2 is 0.963 bits per heavy atom. The predicted molar refractivity (Wildman–Crippen MR) is 226 cm³/mol. The van der Waals surface area contributed by atoms with E-state index in [2.05, 4.69) is 168 Å². The molecule has 3 heterocycles. The van der Waals surface area contributed by atoms with E-state index in [1.807, 2.05) is 18.2 Å². The van der Waals surface area contributed by atoms with Crippen molar-refractivity contribution in [1.29, 1.82) is 0 Å². The quantitative estimate of drug-likeness (QED) is 0.179. The number of hydrogen-bond donors (Lipinski definition) is 0. The van der Waals surface area contributed by atoms with Crippen LogP contribution in [0.15, 0.2) is 182 Å². The fourth-order valence-electron chi connectivity index (χ4n) is 7.90. The van der Waals surface area contributed by atoms with Crippen molar-refractivity contribution in [3.05, 3.63) is 182 Å². The maximum absolute atomic E-state index is 5.11. The first kappa shape index (κ1) is 30.7. The molecule has 0 saturated carbocycles. The highest BCUT2D eigenvalue weighted by molar-refractivity contribution is 7.26. The van der Waals surface area contributed by atoms with Crippen molar-refractivity contribution in [1.82, 2.24) is 19.5 Å². The second-order valence-electron chi connectivity index (χ2n) is 13.6. The summed E-state index contributed by atoms with van der Waals surface area (Å²) in [7, 11) is 0. The molecule has 0 amide bonds. The van der Waals surface area contributed by atoms with E-state index < -0.39 is 0 Å². The van der Waals surface area contributed by atoms with Gasteiger partial charge in [0.1, 0.15) is 0 Å². The largest absolute Gasteiger partial charge is 0.309 e. The smallest absolute Gasteiger partial charge is 0.165 e. The molecular formula is C49H30N4S. The maximum atomic E-state index is 5.11. The van der Waals surface area contributed by atoms with Gasteiger partial charge in [0.25, 0.3) is 0 Å². The van der Waals surface area contributed by atoms with Crippen molar-refractivity contribution >= 4 is 64.1 Å². The zero-order chi connectivity index (χ0) is 35.6. The van der Waals surface area contributed by atoms with Crippen LogP contribution in [-0.4, -0.2) is 19.5 Å². The summed E-state index contributed by atoms with van der Waals surface area (Å²) in [5.41, 5.74) is 8.74. The minimum atomic E-state index is 0.651. The first-order valence-electron chi connectivity index (χ1n) is 18.1. The Balaban J connectivity index is 0.978. The fraction of sp³-hybridized carbons (Fsp3) is 0. The van der Waals surface area contributed by atoms with Crippen LogP contribution < -0.4 is 0 Å². The SMILES string of the molecule is c1ccc(-c2nc(-c3ccc(-c4ccc(-n5c6ccccc6c6c7ccccc7ccc65)cc4)cc3)nc(-c3cccc4c3sc3ccccc34)n2)cc1. The molecule has 0 radical (unpaired) electrons. The highest BCUT2D eigenvalue weighted by Crippen LogP contribution is 2.40. The summed E-state index contributed by atoms with van der Waals surface area (Å²) in [6, 6.07) is 64.4. The van der Waals surface area contributed by atoms with E-state index in [1.54, 1.807) is 11.3 Å². The van der Waals surface area contributed by atoms with Gasteiger partial charge in [0, 0.05) is 53.3 Å². The van der Waals surface area contributed by atoms with Gasteiger partial charge in [0.2, 0.25) is 0 Å². The third kappa shape index (κ3) is 4.94. The fourth-order valence-corrected chi connectivity index (χ4v) is 9.11. The van der Waals surface area contributed by atoms with Gasteiger partial charge in [0.15, 0.2) is 17.5 Å². The van der Waals surface area contributed by atoms with Crippen LogP contribution in [0.1, 0.15) is 0 Å². The lowest BCUT2D eigenvalue weighted by Gasteiger charge is -2.11. The van der Waals surface area contributed by atoms with Crippen LogP contribution >= 0.6 is 11.3 Å². The molecule has 0 saturated heterocycles. The van der Waals surface area contributed by atoms with Crippen molar-refractivity contribution < 1.29 is 0 Å². The Kier molecular flexibility index (Phi) is 7.00. The Bertz CT molecular complexity index is 3200. The van der Waals surface area contributed by atoms with Crippen LogP contribution in [0.4, 0.5) is 0 Å². The second kappa shape index (κ2) is 12.3. The third-order valence-electron chi connectivity index (χ3n) is 10.5. The number of benzene rings is 8. The molecule has 0 atom stereocenters. The summed E-state index contributed by atoms with van der Waals surface area (Å²) >= 11 is 1.79. The van der Waals surface area contributed by atoms with Gasteiger partial charge in [-0.05, 0) is 58.3 Å². The minimum Gasteiger partial charge on any atom is -0.309 e. The van der Waals surface area contributed by atoms with Crippen molar-refractivity contribution in [2.24, 2.45) is 0 Å². The van der Waals surface area contributed by atoms with Crippen LogP contribution in [0.5, 0.6) is 0 Å². The van der Waals surface area contributed by atoms with E-state index in [9.17, 15) is 0 Å². The average molecular weight is 707 g/mol. The number of fused-ring (bicyclic) bond motifs is 8. The summed E-state index contributed by atoms with van der Waals surface area (Å²) in [6.45, 7) is 0. The Morgan fingerprint density at radius 3 is 1.76 bits per heavy atom. The first-order valence-corrected chi connectivity index (χ1v) is 18.9. The molecule has 3 aromatic heterocycles. The zero-order valence-electron chi connectivity index (χ0n) is 29.0. The molecule has 4 nitrogen and oxygen atoms in total. The molecule has 54 heavy (non-hydrogen) atoms. The van der Waals surface area contributed by atoms with E-state index in [0.29, 0.717) is 17.5 Å². The molecular weight excluding hydrogens is 677 g/mol. The van der Waals surface area contributed by atoms with Crippen LogP contribution in [0, 0.1) is 0 Å². The molecule has 0 fully saturated rings. The lowest BCUT2D eigenvalue weighted by atomic mass is 10.0. The topological polar surface area (TPSA) is 43.6 Å². The summed E-state index contributed by atoms with van der Waals surface area (Å²) in [4.78, 5) is 15.2. The predicted octanol–water partition coefficient (Wildman–Crippen LogP) is 13.2. The molecule has 0 spiro atoms. The first-order chi connectivity index (χ1) is 26.8. The van der Waals surface area contributed by atoms with Crippen LogP contribution in [0.2, 0.25) is 0 Å². The second-order valence-corrected chi connectivity index (χ2v) is 14.7.